The average molecular weight is 376 g/mol. The van der Waals surface area contributed by atoms with Crippen molar-refractivity contribution < 1.29 is 13.2 Å². The highest BCUT2D eigenvalue weighted by Crippen LogP contribution is 2.45. The minimum atomic E-state index is -3.58. The summed E-state index contributed by atoms with van der Waals surface area (Å²) in [5.41, 5.74) is 2.70. The van der Waals surface area contributed by atoms with E-state index in [0.29, 0.717) is 24.3 Å². The molecule has 1 heterocycles. The molecule has 1 aliphatic carbocycles. The maximum Gasteiger partial charge on any atom is 0.243 e. The third kappa shape index (κ3) is 3.39. The van der Waals surface area contributed by atoms with Crippen LogP contribution in [0.5, 0.6) is 0 Å². The molecule has 1 aromatic carbocycles. The molecule has 1 fully saturated rings. The molecule has 1 atom stereocenters. The second-order valence-electron chi connectivity index (χ2n) is 8.27. The fourth-order valence-corrected chi connectivity index (χ4v) is 6.06. The molecule has 26 heavy (non-hydrogen) atoms. The first-order valence-corrected chi connectivity index (χ1v) is 11.0. The molecule has 0 N–H and O–H groups in total. The van der Waals surface area contributed by atoms with Crippen molar-refractivity contribution in [1.82, 2.24) is 4.31 Å². The first kappa shape index (κ1) is 19.3. The van der Waals surface area contributed by atoms with Crippen LogP contribution in [-0.4, -0.2) is 30.6 Å². The van der Waals surface area contributed by atoms with Gasteiger partial charge in [0, 0.05) is 24.4 Å². The van der Waals surface area contributed by atoms with Crippen molar-refractivity contribution in [3.63, 3.8) is 0 Å². The third-order valence-corrected chi connectivity index (χ3v) is 7.81. The fraction of sp³-hybridized carbons (Fsp3) is 0.571. The topological polar surface area (TPSA) is 54.5 Å². The summed E-state index contributed by atoms with van der Waals surface area (Å²) in [6.07, 6.45) is 4.02. The molecule has 0 aromatic heterocycles. The fourth-order valence-electron chi connectivity index (χ4n) is 4.24. The average Bonchev–Trinajstić information content (AvgIpc) is 2.86. The number of Topliss-reactive ketones (excluding diaryl/α,β-unsaturated/α-hetero) is 1. The van der Waals surface area contributed by atoms with Crippen molar-refractivity contribution in [3.8, 4) is 0 Å². The van der Waals surface area contributed by atoms with Gasteiger partial charge in [-0.05, 0) is 57.7 Å². The summed E-state index contributed by atoms with van der Waals surface area (Å²) < 4.78 is 28.1. The number of rotatable bonds is 5. The number of nitrogens with zero attached hydrogens (tertiary/aromatic N) is 1. The second kappa shape index (κ2) is 6.93. The molecule has 1 saturated heterocycles. The number of sulfonamides is 1. The molecule has 0 spiro atoms. The van der Waals surface area contributed by atoms with Crippen LogP contribution in [0.25, 0.3) is 0 Å². The van der Waals surface area contributed by atoms with Crippen LogP contribution in [0.1, 0.15) is 58.4 Å². The summed E-state index contributed by atoms with van der Waals surface area (Å²) >= 11 is 0. The van der Waals surface area contributed by atoms with Gasteiger partial charge in [-0.3, -0.25) is 4.79 Å². The maximum absolute atomic E-state index is 13.3. The molecule has 1 aromatic rings. The molecule has 142 valence electrons. The lowest BCUT2D eigenvalue weighted by Crippen LogP contribution is -2.53. The van der Waals surface area contributed by atoms with E-state index in [1.165, 1.54) is 5.57 Å². The third-order valence-electron chi connectivity index (χ3n) is 5.72. The van der Waals surface area contributed by atoms with Gasteiger partial charge in [0.15, 0.2) is 5.78 Å². The maximum atomic E-state index is 13.3. The molecule has 0 amide bonds. The monoisotopic (exact) mass is 375 g/mol. The largest absolute Gasteiger partial charge is 0.295 e. The van der Waals surface area contributed by atoms with E-state index in [2.05, 4.69) is 6.92 Å². The molecule has 2 aliphatic rings. The molecule has 0 radical (unpaired) electrons. The highest BCUT2D eigenvalue weighted by Gasteiger charge is 2.47. The lowest BCUT2D eigenvalue weighted by molar-refractivity contribution is -0.115. The Morgan fingerprint density at radius 1 is 1.19 bits per heavy atom. The highest BCUT2D eigenvalue weighted by atomic mass is 32.2. The number of hydrogen-bond donors (Lipinski definition) is 0. The van der Waals surface area contributed by atoms with Gasteiger partial charge >= 0.3 is 0 Å². The predicted molar refractivity (Wildman–Crippen MR) is 103 cm³/mol. The Bertz CT molecular complexity index is 835. The Morgan fingerprint density at radius 2 is 1.85 bits per heavy atom. The number of benzene rings is 1. The van der Waals surface area contributed by atoms with E-state index in [9.17, 15) is 13.2 Å². The Hall–Kier alpha value is -1.46. The Labute approximate surface area is 157 Å². The van der Waals surface area contributed by atoms with Crippen LogP contribution in [0, 0.1) is 12.8 Å². The number of carbonyl (C=O) groups excluding carboxylic acids is 1. The van der Waals surface area contributed by atoms with Gasteiger partial charge in [0.25, 0.3) is 0 Å². The van der Waals surface area contributed by atoms with E-state index >= 15 is 0 Å². The van der Waals surface area contributed by atoms with Crippen LogP contribution in [0.2, 0.25) is 0 Å². The molecular formula is C21H29NO3S. The summed E-state index contributed by atoms with van der Waals surface area (Å²) in [6.45, 7) is 8.42. The normalized spacial score (nSPS) is 23.4. The van der Waals surface area contributed by atoms with E-state index in [-0.39, 0.29) is 11.7 Å². The summed E-state index contributed by atoms with van der Waals surface area (Å²) in [7, 11) is -3.58. The lowest BCUT2D eigenvalue weighted by Gasteiger charge is -2.44. The smallest absolute Gasteiger partial charge is 0.243 e. The molecular weight excluding hydrogens is 346 g/mol. The molecule has 0 saturated carbocycles. The number of allylic oxidation sites excluding steroid dienone is 1. The quantitative estimate of drug-likeness (QED) is 0.773. The number of fused-ring (bicyclic) bond motifs is 1. The van der Waals surface area contributed by atoms with E-state index in [0.717, 1.165) is 30.4 Å². The van der Waals surface area contributed by atoms with Crippen LogP contribution in [-0.2, 0) is 14.8 Å². The van der Waals surface area contributed by atoms with Gasteiger partial charge in [-0.2, -0.15) is 4.31 Å². The molecule has 5 heteroatoms. The van der Waals surface area contributed by atoms with Crippen molar-refractivity contribution >= 4 is 15.8 Å². The van der Waals surface area contributed by atoms with Gasteiger partial charge in [0.2, 0.25) is 10.0 Å². The number of piperidine rings is 1. The minimum Gasteiger partial charge on any atom is -0.295 e. The number of hydrogen-bond acceptors (Lipinski definition) is 3. The summed E-state index contributed by atoms with van der Waals surface area (Å²) in [5, 5.41) is 0. The second-order valence-corrected chi connectivity index (χ2v) is 10.1. The highest BCUT2D eigenvalue weighted by molar-refractivity contribution is 7.89. The number of aryl methyl sites for hydroxylation is 1. The Balaban J connectivity index is 1.94. The molecule has 0 bridgehead atoms. The Kier molecular flexibility index (Phi) is 5.15. The van der Waals surface area contributed by atoms with E-state index in [4.69, 9.17) is 0 Å². The van der Waals surface area contributed by atoms with Gasteiger partial charge in [0.05, 0.1) is 4.90 Å². The van der Waals surface area contributed by atoms with Gasteiger partial charge in [0.1, 0.15) is 0 Å². The van der Waals surface area contributed by atoms with Crippen molar-refractivity contribution in [1.29, 1.82) is 0 Å². The van der Waals surface area contributed by atoms with Crippen LogP contribution >= 0.6 is 0 Å². The van der Waals surface area contributed by atoms with Crippen LogP contribution in [0.15, 0.2) is 40.3 Å². The van der Waals surface area contributed by atoms with Gasteiger partial charge < -0.3 is 0 Å². The van der Waals surface area contributed by atoms with Crippen molar-refractivity contribution in [2.75, 3.05) is 6.54 Å². The number of carbonyl (C=O) groups is 1. The van der Waals surface area contributed by atoms with Gasteiger partial charge in [-0.1, -0.05) is 36.6 Å². The van der Waals surface area contributed by atoms with Crippen molar-refractivity contribution in [2.45, 2.75) is 70.2 Å². The van der Waals surface area contributed by atoms with E-state index in [1.807, 2.05) is 32.9 Å². The lowest BCUT2D eigenvalue weighted by atomic mass is 9.82. The van der Waals surface area contributed by atoms with Crippen LogP contribution < -0.4 is 0 Å². The number of ketones is 1. The van der Waals surface area contributed by atoms with E-state index in [1.54, 1.807) is 16.4 Å². The molecule has 1 aliphatic heterocycles. The van der Waals surface area contributed by atoms with E-state index < -0.39 is 15.6 Å². The summed E-state index contributed by atoms with van der Waals surface area (Å²) in [6, 6.07) is 7.02. The zero-order valence-corrected chi connectivity index (χ0v) is 17.0. The standard InChI is InChI=1S/C21H29NO3S/c1-5-6-7-18-19-13-21(3,4)22(14-16(19)12-20(18)23)26(24,25)17-10-8-15(2)9-11-17/h8-11,16H,5-7,12-14H2,1-4H3. The first-order chi connectivity index (χ1) is 12.2. The van der Waals surface area contributed by atoms with Crippen LogP contribution in [0.3, 0.4) is 0 Å². The molecule has 4 nitrogen and oxygen atoms in total. The van der Waals surface area contributed by atoms with Crippen molar-refractivity contribution in [3.05, 3.63) is 41.0 Å². The number of unbranched alkanes of at least 4 members (excludes halogenated alkanes) is 1. The SMILES string of the molecule is CCCCC1=C2CC(C)(C)N(S(=O)(=O)c3ccc(C)cc3)CC2CC1=O. The minimum absolute atomic E-state index is 0.0441. The zero-order valence-electron chi connectivity index (χ0n) is 16.2. The first-order valence-electron chi connectivity index (χ1n) is 9.51. The Morgan fingerprint density at radius 3 is 2.46 bits per heavy atom. The zero-order chi connectivity index (χ0) is 19.1. The van der Waals surface area contributed by atoms with Gasteiger partial charge in [-0.15, -0.1) is 0 Å². The summed E-state index contributed by atoms with van der Waals surface area (Å²) in [5.74, 6) is 0.270. The summed E-state index contributed by atoms with van der Waals surface area (Å²) in [4.78, 5) is 12.8. The van der Waals surface area contributed by atoms with Crippen LogP contribution in [0.4, 0.5) is 0 Å². The van der Waals surface area contributed by atoms with Gasteiger partial charge in [-0.25, -0.2) is 8.42 Å². The molecule has 3 rings (SSSR count). The predicted octanol–water partition coefficient (Wildman–Crippen LogP) is 4.24. The molecule has 1 unspecified atom stereocenters. The van der Waals surface area contributed by atoms with Crippen molar-refractivity contribution in [2.24, 2.45) is 5.92 Å².